The highest BCUT2D eigenvalue weighted by Gasteiger charge is 2.25. The number of esters is 1. The van der Waals surface area contributed by atoms with Crippen molar-refractivity contribution >= 4 is 23.0 Å². The van der Waals surface area contributed by atoms with Crippen molar-refractivity contribution in [3.63, 3.8) is 0 Å². The molecule has 30 heavy (non-hydrogen) atoms. The molecule has 0 saturated carbocycles. The zero-order valence-electron chi connectivity index (χ0n) is 17.8. The lowest BCUT2D eigenvalue weighted by Crippen LogP contribution is -2.33. The van der Waals surface area contributed by atoms with E-state index in [0.717, 1.165) is 5.56 Å². The molecule has 0 aliphatic heterocycles. The molecule has 8 heteroatoms. The third-order valence-electron chi connectivity index (χ3n) is 4.27. The van der Waals surface area contributed by atoms with Crippen molar-refractivity contribution in [1.82, 2.24) is 0 Å². The highest BCUT2D eigenvalue weighted by atomic mass is 16.6. The lowest BCUT2D eigenvalue weighted by Gasteiger charge is -2.25. The summed E-state index contributed by atoms with van der Waals surface area (Å²) < 4.78 is 5.35. The number of nitro groups is 1. The lowest BCUT2D eigenvalue weighted by atomic mass is 10.1. The van der Waals surface area contributed by atoms with Gasteiger partial charge in [-0.25, -0.2) is 0 Å². The minimum atomic E-state index is -0.580. The molecule has 3 N–H and O–H groups in total. The van der Waals surface area contributed by atoms with Crippen LogP contribution in [0.25, 0.3) is 0 Å². The van der Waals surface area contributed by atoms with Gasteiger partial charge in [0.05, 0.1) is 11.3 Å². The number of nitrogens with one attached hydrogen (secondary N) is 1. The minimum Gasteiger partial charge on any atom is -0.460 e. The van der Waals surface area contributed by atoms with E-state index in [-0.39, 0.29) is 24.6 Å². The molecule has 0 unspecified atom stereocenters. The van der Waals surface area contributed by atoms with E-state index in [1.54, 1.807) is 43.9 Å². The Morgan fingerprint density at radius 1 is 1.13 bits per heavy atom. The first-order valence-corrected chi connectivity index (χ1v) is 9.93. The van der Waals surface area contributed by atoms with Crippen molar-refractivity contribution in [3.05, 3.63) is 64.2 Å². The Hall–Kier alpha value is -3.13. The molecule has 0 fully saturated rings. The largest absolute Gasteiger partial charge is 0.460 e. The van der Waals surface area contributed by atoms with E-state index in [9.17, 15) is 14.9 Å². The number of rotatable bonds is 10. The van der Waals surface area contributed by atoms with Gasteiger partial charge in [0.15, 0.2) is 0 Å². The molecule has 162 valence electrons. The second-order valence-electron chi connectivity index (χ2n) is 7.88. The standard InChI is InChI=1S/C22H30N4O4/c1-22(2,3)30-20(27)12-14-25(15-13-23)19-11-7-10-18(21(19)26(28)29)24-16-17-8-5-4-6-9-17/h4-11,24H,12-16,23H2,1-3H3. The average molecular weight is 415 g/mol. The molecule has 8 nitrogen and oxygen atoms in total. The number of nitro benzene ring substituents is 1. The van der Waals surface area contributed by atoms with Gasteiger partial charge in [-0.2, -0.15) is 0 Å². The van der Waals surface area contributed by atoms with Crippen LogP contribution in [0, 0.1) is 10.1 Å². The second kappa shape index (κ2) is 10.6. The molecule has 0 aromatic heterocycles. The molecule has 2 aromatic rings. The van der Waals surface area contributed by atoms with E-state index in [1.807, 2.05) is 30.3 Å². The van der Waals surface area contributed by atoms with Crippen molar-refractivity contribution in [3.8, 4) is 0 Å². The molecule has 0 heterocycles. The molecule has 0 aliphatic rings. The first kappa shape index (κ1) is 23.2. The van der Waals surface area contributed by atoms with E-state index >= 15 is 0 Å². The molecular formula is C22H30N4O4. The van der Waals surface area contributed by atoms with E-state index in [2.05, 4.69) is 5.32 Å². The summed E-state index contributed by atoms with van der Waals surface area (Å²) in [5.74, 6) is -0.356. The Labute approximate surface area is 177 Å². The van der Waals surface area contributed by atoms with E-state index in [4.69, 9.17) is 10.5 Å². The van der Waals surface area contributed by atoms with Gasteiger partial charge in [0.1, 0.15) is 17.0 Å². The van der Waals surface area contributed by atoms with Gasteiger partial charge in [-0.05, 0) is 38.5 Å². The Bertz CT molecular complexity index is 850. The number of hydrogen-bond acceptors (Lipinski definition) is 7. The number of nitrogens with two attached hydrogens (primary N) is 1. The number of carbonyl (C=O) groups excluding carboxylic acids is 1. The van der Waals surface area contributed by atoms with Crippen LogP contribution in [0.4, 0.5) is 17.1 Å². The smallest absolute Gasteiger partial charge is 0.315 e. The molecule has 0 radical (unpaired) electrons. The maximum Gasteiger partial charge on any atom is 0.315 e. The number of benzene rings is 2. The molecular weight excluding hydrogens is 384 g/mol. The summed E-state index contributed by atoms with van der Waals surface area (Å²) in [4.78, 5) is 25.4. The molecule has 2 aromatic carbocycles. The highest BCUT2D eigenvalue weighted by Crippen LogP contribution is 2.35. The summed E-state index contributed by atoms with van der Waals surface area (Å²) in [7, 11) is 0. The van der Waals surface area contributed by atoms with Crippen LogP contribution in [0.5, 0.6) is 0 Å². The van der Waals surface area contributed by atoms with Crippen LogP contribution in [0.15, 0.2) is 48.5 Å². The fourth-order valence-corrected chi connectivity index (χ4v) is 3.04. The molecule has 2 rings (SSSR count). The van der Waals surface area contributed by atoms with Crippen molar-refractivity contribution in [1.29, 1.82) is 0 Å². The van der Waals surface area contributed by atoms with Gasteiger partial charge in [0.2, 0.25) is 0 Å². The fourth-order valence-electron chi connectivity index (χ4n) is 3.04. The van der Waals surface area contributed by atoms with Crippen LogP contribution >= 0.6 is 0 Å². The number of carbonyl (C=O) groups is 1. The molecule has 0 bridgehead atoms. The predicted octanol–water partition coefficient (Wildman–Crippen LogP) is 3.70. The first-order valence-electron chi connectivity index (χ1n) is 9.93. The molecule has 0 saturated heterocycles. The number of para-hydroxylation sites is 1. The van der Waals surface area contributed by atoms with Crippen LogP contribution in [0.3, 0.4) is 0 Å². The molecule has 0 aliphatic carbocycles. The van der Waals surface area contributed by atoms with Gasteiger partial charge in [0.25, 0.3) is 0 Å². The summed E-state index contributed by atoms with van der Waals surface area (Å²) in [5.41, 5.74) is 6.97. The number of nitrogens with zero attached hydrogens (tertiary/aromatic N) is 2. The minimum absolute atomic E-state index is 0.0360. The van der Waals surface area contributed by atoms with Crippen LogP contribution in [-0.2, 0) is 16.1 Å². The molecule has 0 amide bonds. The zero-order valence-corrected chi connectivity index (χ0v) is 17.8. The van der Waals surface area contributed by atoms with Crippen molar-refractivity contribution in [2.45, 2.75) is 39.3 Å². The van der Waals surface area contributed by atoms with Crippen LogP contribution in [0.1, 0.15) is 32.8 Å². The molecule has 0 atom stereocenters. The number of hydrogen-bond donors (Lipinski definition) is 2. The van der Waals surface area contributed by atoms with Crippen molar-refractivity contribution < 1.29 is 14.5 Å². The van der Waals surface area contributed by atoms with Gasteiger partial charge in [-0.15, -0.1) is 0 Å². The average Bonchev–Trinajstić information content (AvgIpc) is 2.68. The molecule has 0 spiro atoms. The monoisotopic (exact) mass is 414 g/mol. The predicted molar refractivity (Wildman–Crippen MR) is 119 cm³/mol. The topological polar surface area (TPSA) is 111 Å². The normalized spacial score (nSPS) is 11.1. The van der Waals surface area contributed by atoms with Gasteiger partial charge in [-0.3, -0.25) is 14.9 Å². The Kier molecular flexibility index (Phi) is 8.17. The SMILES string of the molecule is CC(C)(C)OC(=O)CCN(CCN)c1cccc(NCc2ccccc2)c1[N+](=O)[O-]. The first-order chi connectivity index (χ1) is 14.2. The quantitative estimate of drug-likeness (QED) is 0.346. The maximum absolute atomic E-state index is 12.1. The van der Waals surface area contributed by atoms with Gasteiger partial charge >= 0.3 is 11.7 Å². The lowest BCUT2D eigenvalue weighted by molar-refractivity contribution is -0.383. The van der Waals surface area contributed by atoms with Crippen molar-refractivity contribution in [2.75, 3.05) is 29.9 Å². The summed E-state index contributed by atoms with van der Waals surface area (Å²) in [5, 5.41) is 15.1. The second-order valence-corrected chi connectivity index (χ2v) is 7.88. The third kappa shape index (κ3) is 7.04. The van der Waals surface area contributed by atoms with E-state index in [0.29, 0.717) is 31.0 Å². The summed E-state index contributed by atoms with van der Waals surface area (Å²) in [6, 6.07) is 14.8. The Morgan fingerprint density at radius 3 is 2.43 bits per heavy atom. The van der Waals surface area contributed by atoms with Crippen LogP contribution in [0.2, 0.25) is 0 Å². The van der Waals surface area contributed by atoms with E-state index < -0.39 is 10.5 Å². The zero-order chi connectivity index (χ0) is 22.1. The Morgan fingerprint density at radius 2 is 1.83 bits per heavy atom. The van der Waals surface area contributed by atoms with Crippen LogP contribution < -0.4 is 16.0 Å². The van der Waals surface area contributed by atoms with E-state index in [1.165, 1.54) is 0 Å². The van der Waals surface area contributed by atoms with Gasteiger partial charge in [-0.1, -0.05) is 36.4 Å². The van der Waals surface area contributed by atoms with Gasteiger partial charge in [0, 0.05) is 26.2 Å². The maximum atomic E-state index is 12.1. The summed E-state index contributed by atoms with van der Waals surface area (Å²) >= 11 is 0. The Balaban J connectivity index is 2.23. The summed E-state index contributed by atoms with van der Waals surface area (Å²) in [6.45, 7) is 6.81. The van der Waals surface area contributed by atoms with Crippen molar-refractivity contribution in [2.24, 2.45) is 5.73 Å². The third-order valence-corrected chi connectivity index (χ3v) is 4.27. The number of anilines is 2. The number of ether oxygens (including phenoxy) is 1. The summed E-state index contributed by atoms with van der Waals surface area (Å²) in [6.07, 6.45) is 0.107. The fraction of sp³-hybridized carbons (Fsp3) is 0.409. The van der Waals surface area contributed by atoms with Crippen LogP contribution in [-0.4, -0.2) is 36.1 Å². The highest BCUT2D eigenvalue weighted by molar-refractivity contribution is 5.78. The van der Waals surface area contributed by atoms with Gasteiger partial charge < -0.3 is 20.7 Å².